The predicted molar refractivity (Wildman–Crippen MR) is 79.9 cm³/mol. The Hall–Kier alpha value is -2.57. The summed E-state index contributed by atoms with van der Waals surface area (Å²) in [5, 5.41) is 21.7. The Morgan fingerprint density at radius 1 is 1.17 bits per heavy atom. The molecule has 0 aromatic heterocycles. The second-order valence-corrected chi connectivity index (χ2v) is 6.93. The highest BCUT2D eigenvalue weighted by atomic mass is 16.5. The first-order chi connectivity index (χ1) is 11.4. The molecule has 3 N–H and O–H groups in total. The van der Waals surface area contributed by atoms with Gasteiger partial charge in [-0.2, -0.15) is 0 Å². The first-order valence-corrected chi connectivity index (χ1v) is 7.88. The number of rotatable bonds is 5. The highest BCUT2D eigenvalue weighted by Crippen LogP contribution is 2.82. The number of nitrogens with one attached hydrogen (secondary N) is 1. The number of carbonyl (C=O) groups excluding carboxylic acids is 1. The fourth-order valence-corrected chi connectivity index (χ4v) is 5.11. The van der Waals surface area contributed by atoms with Crippen LogP contribution in [0.1, 0.15) is 18.4 Å². The van der Waals surface area contributed by atoms with Crippen molar-refractivity contribution in [2.45, 2.75) is 25.0 Å². The molecule has 126 valence electrons. The molecule has 5 rings (SSSR count). The molecular weight excluding hydrogens is 314 g/mol. The first kappa shape index (κ1) is 15.0. The molecule has 0 radical (unpaired) electrons. The largest absolute Gasteiger partial charge is 0.481 e. The molecule has 4 fully saturated rings. The van der Waals surface area contributed by atoms with E-state index < -0.39 is 34.9 Å². The third-order valence-corrected chi connectivity index (χ3v) is 6.04. The van der Waals surface area contributed by atoms with Crippen molar-refractivity contribution < 1.29 is 29.3 Å². The molecule has 1 aromatic rings. The quantitative estimate of drug-likeness (QED) is 0.753. The number of amides is 1. The van der Waals surface area contributed by atoms with Gasteiger partial charge in [0.25, 0.3) is 0 Å². The van der Waals surface area contributed by atoms with Gasteiger partial charge in [-0.25, -0.2) is 9.59 Å². The van der Waals surface area contributed by atoms with E-state index in [1.54, 1.807) is 12.1 Å². The van der Waals surface area contributed by atoms with E-state index in [4.69, 9.17) is 4.74 Å². The van der Waals surface area contributed by atoms with Crippen LogP contribution in [0.4, 0.5) is 4.79 Å². The van der Waals surface area contributed by atoms with Gasteiger partial charge in [0.15, 0.2) is 0 Å². The van der Waals surface area contributed by atoms with Crippen LogP contribution in [-0.4, -0.2) is 33.8 Å². The summed E-state index contributed by atoms with van der Waals surface area (Å²) in [4.78, 5) is 35.6. The minimum Gasteiger partial charge on any atom is -0.481 e. The molecule has 0 heterocycles. The smallest absolute Gasteiger partial charge is 0.408 e. The van der Waals surface area contributed by atoms with Gasteiger partial charge in [-0.3, -0.25) is 4.79 Å². The highest BCUT2D eigenvalue weighted by molar-refractivity contribution is 5.93. The van der Waals surface area contributed by atoms with Crippen LogP contribution in [0.5, 0.6) is 0 Å². The van der Waals surface area contributed by atoms with Gasteiger partial charge < -0.3 is 20.3 Å². The summed E-state index contributed by atoms with van der Waals surface area (Å²) in [6, 6.07) is 9.05. The first-order valence-electron chi connectivity index (χ1n) is 7.88. The van der Waals surface area contributed by atoms with Crippen LogP contribution in [0.15, 0.2) is 30.3 Å². The zero-order chi connectivity index (χ0) is 17.1. The molecule has 4 bridgehead atoms. The molecule has 4 aliphatic rings. The maximum absolute atomic E-state index is 12.1. The van der Waals surface area contributed by atoms with E-state index >= 15 is 0 Å². The zero-order valence-corrected chi connectivity index (χ0v) is 12.8. The summed E-state index contributed by atoms with van der Waals surface area (Å²) in [6.07, 6.45) is 0.0190. The molecule has 24 heavy (non-hydrogen) atoms. The van der Waals surface area contributed by atoms with Crippen LogP contribution in [0.2, 0.25) is 0 Å². The number of carboxylic acids is 2. The number of benzene rings is 1. The Balaban J connectivity index is 1.49. The van der Waals surface area contributed by atoms with Gasteiger partial charge in [0.2, 0.25) is 0 Å². The van der Waals surface area contributed by atoms with Gasteiger partial charge in [-0.1, -0.05) is 30.3 Å². The third-order valence-electron chi connectivity index (χ3n) is 6.04. The summed E-state index contributed by atoms with van der Waals surface area (Å²) in [5.74, 6) is -3.19. The van der Waals surface area contributed by atoms with Crippen LogP contribution in [-0.2, 0) is 20.9 Å². The third kappa shape index (κ3) is 1.69. The van der Waals surface area contributed by atoms with Gasteiger partial charge in [0, 0.05) is 5.92 Å². The molecule has 1 aromatic carbocycles. The molecule has 0 saturated heterocycles. The van der Waals surface area contributed by atoms with Gasteiger partial charge in [-0.05, 0) is 30.2 Å². The number of carbonyl (C=O) groups is 3. The molecule has 0 unspecified atom stereocenters. The van der Waals surface area contributed by atoms with Gasteiger partial charge in [0.05, 0.1) is 5.41 Å². The molecule has 0 spiro atoms. The molecule has 0 aliphatic heterocycles. The number of hydrogen-bond donors (Lipinski definition) is 3. The maximum atomic E-state index is 12.1. The van der Waals surface area contributed by atoms with Crippen molar-refractivity contribution in [3.05, 3.63) is 35.9 Å². The lowest BCUT2D eigenvalue weighted by atomic mass is 9.88. The lowest BCUT2D eigenvalue weighted by Gasteiger charge is -2.29. The lowest BCUT2D eigenvalue weighted by molar-refractivity contribution is -0.147. The number of alkyl carbamates (subject to hydrolysis) is 1. The lowest BCUT2D eigenvalue weighted by Crippen LogP contribution is -2.57. The number of carboxylic acid groups (broad SMARTS) is 2. The fraction of sp³-hybridized carbons (Fsp3) is 0.471. The van der Waals surface area contributed by atoms with E-state index in [9.17, 15) is 24.6 Å². The van der Waals surface area contributed by atoms with Gasteiger partial charge >= 0.3 is 18.0 Å². The second kappa shape index (κ2) is 4.72. The molecule has 4 aliphatic carbocycles. The molecule has 1 amide bonds. The van der Waals surface area contributed by atoms with Crippen LogP contribution < -0.4 is 5.32 Å². The Kier molecular flexibility index (Phi) is 2.95. The van der Waals surface area contributed by atoms with Crippen molar-refractivity contribution in [1.82, 2.24) is 5.32 Å². The summed E-state index contributed by atoms with van der Waals surface area (Å²) in [6.45, 7) is 0.0329. The number of ether oxygens (including phenoxy) is 1. The maximum Gasteiger partial charge on any atom is 0.408 e. The van der Waals surface area contributed by atoms with E-state index in [2.05, 4.69) is 5.32 Å². The average molecular weight is 331 g/mol. The zero-order valence-electron chi connectivity index (χ0n) is 12.8. The Labute approximate surface area is 137 Å². The highest BCUT2D eigenvalue weighted by Gasteiger charge is 2.90. The predicted octanol–water partition coefficient (Wildman–Crippen LogP) is 1.48. The van der Waals surface area contributed by atoms with Crippen molar-refractivity contribution in [2.75, 3.05) is 0 Å². The van der Waals surface area contributed by atoms with Crippen LogP contribution in [0.25, 0.3) is 0 Å². The van der Waals surface area contributed by atoms with E-state index in [-0.39, 0.29) is 18.4 Å². The second-order valence-electron chi connectivity index (χ2n) is 6.93. The summed E-state index contributed by atoms with van der Waals surface area (Å²) >= 11 is 0. The van der Waals surface area contributed by atoms with Crippen molar-refractivity contribution in [2.24, 2.45) is 23.2 Å². The van der Waals surface area contributed by atoms with Crippen molar-refractivity contribution >= 4 is 18.0 Å². The minimum atomic E-state index is -1.52. The van der Waals surface area contributed by atoms with E-state index in [1.807, 2.05) is 18.2 Å². The topological polar surface area (TPSA) is 113 Å². The number of hydrogen-bond acceptors (Lipinski definition) is 4. The standard InChI is InChI=1S/C17H17NO6/c19-13(20)16-7-10-6-11(16)12(16)17(10,14(21)22)18-15(23)24-8-9-4-2-1-3-5-9/h1-5,10-12H,6-8H2,(H,18,23)(H,19,20)(H,21,22)/t10-,11-,12+,16+,17-/m0/s1. The number of aliphatic carboxylic acids is 2. The van der Waals surface area contributed by atoms with Gasteiger partial charge in [-0.15, -0.1) is 0 Å². The average Bonchev–Trinajstić information content (AvgIpc) is 2.87. The summed E-state index contributed by atoms with van der Waals surface area (Å²) in [5.41, 5.74) is -1.70. The van der Waals surface area contributed by atoms with Crippen molar-refractivity contribution in [3.8, 4) is 0 Å². The minimum absolute atomic E-state index is 0.0329. The molecule has 7 nitrogen and oxygen atoms in total. The van der Waals surface area contributed by atoms with E-state index in [0.717, 1.165) is 5.56 Å². The Morgan fingerprint density at radius 3 is 2.42 bits per heavy atom. The van der Waals surface area contributed by atoms with E-state index in [0.29, 0.717) is 12.8 Å². The molecular formula is C17H17NO6. The monoisotopic (exact) mass is 331 g/mol. The van der Waals surface area contributed by atoms with Crippen molar-refractivity contribution in [3.63, 3.8) is 0 Å². The molecule has 5 atom stereocenters. The molecule has 4 saturated carbocycles. The Morgan fingerprint density at radius 2 is 1.88 bits per heavy atom. The van der Waals surface area contributed by atoms with Gasteiger partial charge in [0.1, 0.15) is 12.1 Å². The van der Waals surface area contributed by atoms with Crippen LogP contribution in [0, 0.1) is 23.2 Å². The fourth-order valence-electron chi connectivity index (χ4n) is 5.11. The normalized spacial score (nSPS) is 37.8. The summed E-state index contributed by atoms with van der Waals surface area (Å²) in [7, 11) is 0. The van der Waals surface area contributed by atoms with E-state index in [1.165, 1.54) is 0 Å². The molecule has 7 heteroatoms. The Bertz CT molecular complexity index is 734. The van der Waals surface area contributed by atoms with Crippen molar-refractivity contribution in [1.29, 1.82) is 0 Å². The van der Waals surface area contributed by atoms with Crippen LogP contribution in [0.3, 0.4) is 0 Å². The summed E-state index contributed by atoms with van der Waals surface area (Å²) < 4.78 is 5.13. The van der Waals surface area contributed by atoms with Crippen LogP contribution >= 0.6 is 0 Å². The SMILES string of the molecule is O=C(N[C@@]1(C(=O)O)[C@H]2C[C@H]3[C@@H]1[C@@]3(C(=O)O)C2)OCc1ccccc1.